The standard InChI is InChI=1S/C25H27N5O4S2/c1-3-5-14-26-25(31)30-36(32,33)20-12-8-18(9-13-20)29-23-22-21(15-35-24(22)28-16-27-23)17-6-10-19(11-7-17)34-4-2/h6-13,15-16H,3-5,14H2,1-2H3,(H2,26,30,31)(H,27,28,29). The highest BCUT2D eigenvalue weighted by molar-refractivity contribution is 7.90. The predicted molar refractivity (Wildman–Crippen MR) is 142 cm³/mol. The van der Waals surface area contributed by atoms with Gasteiger partial charge in [0.05, 0.1) is 16.9 Å². The summed E-state index contributed by atoms with van der Waals surface area (Å²) in [6.07, 6.45) is 3.16. The highest BCUT2D eigenvalue weighted by atomic mass is 32.2. The largest absolute Gasteiger partial charge is 0.494 e. The van der Waals surface area contributed by atoms with Gasteiger partial charge in [-0.1, -0.05) is 25.5 Å². The summed E-state index contributed by atoms with van der Waals surface area (Å²) in [4.78, 5) is 21.5. The Kier molecular flexibility index (Phi) is 8.01. The number of nitrogens with zero attached hydrogens (tertiary/aromatic N) is 2. The summed E-state index contributed by atoms with van der Waals surface area (Å²) < 4.78 is 32.6. The van der Waals surface area contributed by atoms with Gasteiger partial charge < -0.3 is 15.4 Å². The molecule has 4 aromatic rings. The molecule has 0 fully saturated rings. The Morgan fingerprint density at radius 2 is 1.78 bits per heavy atom. The van der Waals surface area contributed by atoms with Gasteiger partial charge >= 0.3 is 6.03 Å². The summed E-state index contributed by atoms with van der Waals surface area (Å²) in [5, 5.41) is 8.70. The normalized spacial score (nSPS) is 11.3. The molecule has 0 bridgehead atoms. The number of sulfonamides is 1. The lowest BCUT2D eigenvalue weighted by Gasteiger charge is -2.11. The fraction of sp³-hybridized carbons (Fsp3) is 0.240. The number of hydrogen-bond donors (Lipinski definition) is 3. The van der Waals surface area contributed by atoms with Crippen LogP contribution in [0.2, 0.25) is 0 Å². The molecule has 2 aromatic carbocycles. The molecule has 0 saturated carbocycles. The fourth-order valence-corrected chi connectivity index (χ4v) is 5.37. The van der Waals surface area contributed by atoms with Crippen LogP contribution in [0.1, 0.15) is 26.7 Å². The van der Waals surface area contributed by atoms with Crippen molar-refractivity contribution in [3.8, 4) is 16.9 Å². The number of aromatic nitrogens is 2. The van der Waals surface area contributed by atoms with Crippen LogP contribution < -0.4 is 20.1 Å². The van der Waals surface area contributed by atoms with Gasteiger partial charge in [-0.25, -0.2) is 27.9 Å². The molecule has 188 valence electrons. The number of hydrogen-bond acceptors (Lipinski definition) is 8. The third kappa shape index (κ3) is 5.92. The molecule has 0 aliphatic carbocycles. The zero-order valence-electron chi connectivity index (χ0n) is 19.9. The van der Waals surface area contributed by atoms with Crippen LogP contribution in [0.25, 0.3) is 21.3 Å². The Bertz CT molecular complexity index is 1440. The van der Waals surface area contributed by atoms with Gasteiger partial charge in [-0.2, -0.15) is 0 Å². The average Bonchev–Trinajstić information content (AvgIpc) is 3.30. The van der Waals surface area contributed by atoms with Gasteiger partial charge in [0.1, 0.15) is 22.7 Å². The molecule has 2 aromatic heterocycles. The van der Waals surface area contributed by atoms with Crippen molar-refractivity contribution >= 4 is 49.1 Å². The molecule has 36 heavy (non-hydrogen) atoms. The van der Waals surface area contributed by atoms with Crippen molar-refractivity contribution in [1.82, 2.24) is 20.0 Å². The SMILES string of the molecule is CCCCNC(=O)NS(=O)(=O)c1ccc(Nc2ncnc3scc(-c4ccc(OCC)cc4)c23)cc1. The third-order valence-electron chi connectivity index (χ3n) is 5.32. The Labute approximate surface area is 214 Å². The Hall–Kier alpha value is -3.70. The van der Waals surface area contributed by atoms with E-state index in [9.17, 15) is 13.2 Å². The van der Waals surface area contributed by atoms with Crippen LogP contribution in [0.4, 0.5) is 16.3 Å². The van der Waals surface area contributed by atoms with Crippen molar-refractivity contribution in [2.45, 2.75) is 31.6 Å². The van der Waals surface area contributed by atoms with Crippen molar-refractivity contribution < 1.29 is 17.9 Å². The van der Waals surface area contributed by atoms with E-state index in [2.05, 4.69) is 20.6 Å². The molecule has 9 nitrogen and oxygen atoms in total. The minimum Gasteiger partial charge on any atom is -0.494 e. The van der Waals surface area contributed by atoms with E-state index in [0.717, 1.165) is 39.9 Å². The maximum atomic E-state index is 12.5. The highest BCUT2D eigenvalue weighted by Gasteiger charge is 2.18. The molecule has 0 aliphatic rings. The molecular formula is C25H27N5O4S2. The van der Waals surface area contributed by atoms with Crippen LogP contribution in [-0.4, -0.2) is 37.6 Å². The number of ether oxygens (including phenoxy) is 1. The summed E-state index contributed by atoms with van der Waals surface area (Å²) in [7, 11) is -3.99. The van der Waals surface area contributed by atoms with Gasteiger partial charge in [-0.15, -0.1) is 11.3 Å². The van der Waals surface area contributed by atoms with Gasteiger partial charge in [0.25, 0.3) is 10.0 Å². The van der Waals surface area contributed by atoms with Gasteiger partial charge in [0.2, 0.25) is 0 Å². The van der Waals surface area contributed by atoms with E-state index in [1.165, 1.54) is 29.8 Å². The molecule has 0 saturated heterocycles. The van der Waals surface area contributed by atoms with Crippen molar-refractivity contribution in [3.05, 3.63) is 60.2 Å². The fourth-order valence-electron chi connectivity index (χ4n) is 3.53. The number of urea groups is 1. The quantitative estimate of drug-likeness (QED) is 0.241. The maximum Gasteiger partial charge on any atom is 0.328 e. The lowest BCUT2D eigenvalue weighted by atomic mass is 10.1. The highest BCUT2D eigenvalue weighted by Crippen LogP contribution is 2.38. The average molecular weight is 526 g/mol. The van der Waals surface area contributed by atoms with Gasteiger partial charge in [0.15, 0.2) is 0 Å². The molecule has 0 unspecified atom stereocenters. The van der Waals surface area contributed by atoms with Crippen molar-refractivity contribution in [1.29, 1.82) is 0 Å². The number of carbonyl (C=O) groups excluding carboxylic acids is 1. The predicted octanol–water partition coefficient (Wildman–Crippen LogP) is 5.29. The van der Waals surface area contributed by atoms with Crippen LogP contribution >= 0.6 is 11.3 Å². The number of benzene rings is 2. The van der Waals surface area contributed by atoms with Crippen molar-refractivity contribution in [2.75, 3.05) is 18.5 Å². The van der Waals surface area contributed by atoms with E-state index in [1.807, 2.05) is 48.2 Å². The lowest BCUT2D eigenvalue weighted by Crippen LogP contribution is -2.39. The Balaban J connectivity index is 1.54. The number of anilines is 2. The smallest absolute Gasteiger partial charge is 0.328 e. The summed E-state index contributed by atoms with van der Waals surface area (Å²) in [6.45, 7) is 4.94. The zero-order valence-corrected chi connectivity index (χ0v) is 21.6. The number of fused-ring (bicyclic) bond motifs is 1. The van der Waals surface area contributed by atoms with E-state index in [0.29, 0.717) is 24.7 Å². The van der Waals surface area contributed by atoms with E-state index in [4.69, 9.17) is 4.74 Å². The second kappa shape index (κ2) is 11.4. The molecule has 0 aliphatic heterocycles. The lowest BCUT2D eigenvalue weighted by molar-refractivity contribution is 0.245. The molecule has 2 amide bonds. The number of amides is 2. The van der Waals surface area contributed by atoms with Crippen molar-refractivity contribution in [3.63, 3.8) is 0 Å². The number of nitrogens with one attached hydrogen (secondary N) is 3. The zero-order chi connectivity index (χ0) is 25.5. The summed E-state index contributed by atoms with van der Waals surface area (Å²) in [5.41, 5.74) is 2.64. The van der Waals surface area contributed by atoms with Crippen LogP contribution in [0.15, 0.2) is 65.1 Å². The molecular weight excluding hydrogens is 498 g/mol. The van der Waals surface area contributed by atoms with Crippen LogP contribution in [0.5, 0.6) is 5.75 Å². The van der Waals surface area contributed by atoms with Crippen molar-refractivity contribution in [2.24, 2.45) is 0 Å². The first-order chi connectivity index (χ1) is 17.4. The molecule has 2 heterocycles. The topological polar surface area (TPSA) is 122 Å². The number of rotatable bonds is 10. The summed E-state index contributed by atoms with van der Waals surface area (Å²) in [5.74, 6) is 1.41. The first-order valence-corrected chi connectivity index (χ1v) is 13.9. The van der Waals surface area contributed by atoms with E-state index in [1.54, 1.807) is 12.1 Å². The Morgan fingerprint density at radius 1 is 1.03 bits per heavy atom. The second-order valence-corrected chi connectivity index (χ2v) is 10.4. The molecule has 0 radical (unpaired) electrons. The minimum absolute atomic E-state index is 0.0165. The van der Waals surface area contributed by atoms with E-state index < -0.39 is 16.1 Å². The summed E-state index contributed by atoms with van der Waals surface area (Å²) in [6, 6.07) is 13.2. The molecule has 0 spiro atoms. The number of carbonyl (C=O) groups is 1. The number of unbranched alkanes of at least 4 members (excludes halogenated alkanes) is 1. The van der Waals surface area contributed by atoms with Crippen LogP contribution in [0.3, 0.4) is 0 Å². The van der Waals surface area contributed by atoms with E-state index in [-0.39, 0.29) is 4.90 Å². The number of thiophene rings is 1. The van der Waals surface area contributed by atoms with E-state index >= 15 is 0 Å². The van der Waals surface area contributed by atoms with Crippen LogP contribution in [-0.2, 0) is 10.0 Å². The first-order valence-electron chi connectivity index (χ1n) is 11.5. The molecule has 0 atom stereocenters. The molecule has 4 rings (SSSR count). The molecule has 11 heteroatoms. The van der Waals surface area contributed by atoms with Gasteiger partial charge in [-0.3, -0.25) is 0 Å². The molecule has 3 N–H and O–H groups in total. The van der Waals surface area contributed by atoms with Gasteiger partial charge in [-0.05, 0) is 55.3 Å². The third-order valence-corrected chi connectivity index (χ3v) is 7.55. The first kappa shape index (κ1) is 25.4. The Morgan fingerprint density at radius 3 is 2.47 bits per heavy atom. The minimum atomic E-state index is -3.99. The van der Waals surface area contributed by atoms with Gasteiger partial charge in [0, 0.05) is 23.2 Å². The second-order valence-electron chi connectivity index (χ2n) is 7.87. The monoisotopic (exact) mass is 525 g/mol. The summed E-state index contributed by atoms with van der Waals surface area (Å²) >= 11 is 1.52. The maximum absolute atomic E-state index is 12.5. The van der Waals surface area contributed by atoms with Crippen LogP contribution in [0, 0.1) is 0 Å².